The topological polar surface area (TPSA) is 185 Å². The van der Waals surface area contributed by atoms with E-state index in [1.165, 1.54) is 26.2 Å². The van der Waals surface area contributed by atoms with E-state index < -0.39 is 74.0 Å². The number of benzene rings is 1. The molecule has 0 spiro atoms. The molecular weight excluding hydrogens is 432 g/mol. The highest BCUT2D eigenvalue weighted by molar-refractivity contribution is 5.92. The second-order valence-electron chi connectivity index (χ2n) is 7.63. The number of para-hydroxylation sites is 1. The number of hydrogen-bond donors (Lipinski definition) is 6. The molecule has 3 rings (SSSR count). The molecule has 0 aromatic heterocycles. The van der Waals surface area contributed by atoms with Crippen molar-refractivity contribution in [2.45, 2.75) is 68.3 Å². The molecule has 0 aliphatic carbocycles. The lowest BCUT2D eigenvalue weighted by Gasteiger charge is -2.42. The number of ether oxygens (including phenoxy) is 5. The Morgan fingerprint density at radius 3 is 2.19 bits per heavy atom. The summed E-state index contributed by atoms with van der Waals surface area (Å²) in [5.74, 6) is -0.673. The maximum Gasteiger partial charge on any atom is 0.341 e. The fourth-order valence-corrected chi connectivity index (χ4v) is 3.47. The van der Waals surface area contributed by atoms with Gasteiger partial charge >= 0.3 is 5.97 Å². The zero-order valence-electron chi connectivity index (χ0n) is 17.4. The van der Waals surface area contributed by atoms with Crippen LogP contribution in [0.15, 0.2) is 24.3 Å². The maximum absolute atomic E-state index is 11.9. The minimum Gasteiger partial charge on any atom is -0.465 e. The van der Waals surface area contributed by atoms with Crippen LogP contribution in [-0.2, 0) is 18.9 Å². The fraction of sp³-hybridized carbons (Fsp3) is 0.650. The number of carbonyl (C=O) groups excluding carboxylic acids is 1. The minimum absolute atomic E-state index is 0.0172. The molecular formula is C20H28O12. The summed E-state index contributed by atoms with van der Waals surface area (Å²) < 4.78 is 26.5. The first kappa shape index (κ1) is 24.8. The van der Waals surface area contributed by atoms with Gasteiger partial charge in [0.1, 0.15) is 54.0 Å². The number of aliphatic hydroxyl groups excluding tert-OH is 6. The van der Waals surface area contributed by atoms with Crippen molar-refractivity contribution in [2.75, 3.05) is 13.7 Å². The molecule has 6 N–H and O–H groups in total. The van der Waals surface area contributed by atoms with E-state index in [9.17, 15) is 35.4 Å². The van der Waals surface area contributed by atoms with E-state index in [4.69, 9.17) is 18.9 Å². The van der Waals surface area contributed by atoms with Gasteiger partial charge in [0.05, 0.1) is 19.8 Å². The number of esters is 1. The average Bonchev–Trinajstić information content (AvgIpc) is 2.80. The molecule has 1 aromatic rings. The molecule has 0 amide bonds. The summed E-state index contributed by atoms with van der Waals surface area (Å²) in [6.07, 6.45) is -14.3. The van der Waals surface area contributed by atoms with Crippen LogP contribution in [-0.4, -0.2) is 112 Å². The highest BCUT2D eigenvalue weighted by atomic mass is 16.7. The van der Waals surface area contributed by atoms with Crippen LogP contribution in [0.3, 0.4) is 0 Å². The number of rotatable bonds is 6. The summed E-state index contributed by atoms with van der Waals surface area (Å²) in [5, 5.41) is 60.5. The van der Waals surface area contributed by atoms with Gasteiger partial charge in [0, 0.05) is 0 Å². The summed E-state index contributed by atoms with van der Waals surface area (Å²) in [6, 6.07) is 6.02. The van der Waals surface area contributed by atoms with Crippen molar-refractivity contribution in [2.24, 2.45) is 0 Å². The molecule has 2 heterocycles. The summed E-state index contributed by atoms with van der Waals surface area (Å²) in [6.45, 7) is 1.05. The van der Waals surface area contributed by atoms with Gasteiger partial charge in [-0.25, -0.2) is 4.79 Å². The Morgan fingerprint density at radius 1 is 0.875 bits per heavy atom. The van der Waals surface area contributed by atoms with Crippen molar-refractivity contribution in [3.05, 3.63) is 29.8 Å². The number of aliphatic hydroxyl groups is 6. The largest absolute Gasteiger partial charge is 0.465 e. The number of carbonyl (C=O) groups is 1. The van der Waals surface area contributed by atoms with Crippen LogP contribution < -0.4 is 4.74 Å². The van der Waals surface area contributed by atoms with Gasteiger partial charge in [-0.3, -0.25) is 0 Å². The second-order valence-corrected chi connectivity index (χ2v) is 7.63. The van der Waals surface area contributed by atoms with E-state index in [0.29, 0.717) is 0 Å². The third kappa shape index (κ3) is 5.03. The monoisotopic (exact) mass is 460 g/mol. The number of methoxy groups -OCH3 is 1. The quantitative estimate of drug-likeness (QED) is 0.246. The van der Waals surface area contributed by atoms with Gasteiger partial charge in [0.2, 0.25) is 6.29 Å². The smallest absolute Gasteiger partial charge is 0.341 e. The highest BCUT2D eigenvalue weighted by Gasteiger charge is 2.47. The van der Waals surface area contributed by atoms with Crippen molar-refractivity contribution >= 4 is 5.97 Å². The van der Waals surface area contributed by atoms with Crippen LogP contribution in [0.1, 0.15) is 17.3 Å². The van der Waals surface area contributed by atoms with Gasteiger partial charge in [-0.2, -0.15) is 0 Å². The van der Waals surface area contributed by atoms with Gasteiger partial charge < -0.3 is 54.3 Å². The SMILES string of the molecule is COC(=O)c1ccccc1OC1OC(COC2OC(C)C(O)C(O)C2O)C(O)C(O)C1O. The minimum atomic E-state index is -1.68. The predicted octanol–water partition coefficient (Wildman–Crippen LogP) is -2.50. The Hall–Kier alpha value is -1.87. The van der Waals surface area contributed by atoms with Crippen molar-refractivity contribution in [3.8, 4) is 5.75 Å². The summed E-state index contributed by atoms with van der Waals surface area (Å²) in [4.78, 5) is 11.9. The molecule has 12 nitrogen and oxygen atoms in total. The Kier molecular flexibility index (Phi) is 8.03. The van der Waals surface area contributed by atoms with Gasteiger partial charge in [0.15, 0.2) is 6.29 Å². The average molecular weight is 460 g/mol. The lowest BCUT2D eigenvalue weighted by atomic mass is 9.98. The summed E-state index contributed by atoms with van der Waals surface area (Å²) >= 11 is 0. The third-order valence-corrected chi connectivity index (χ3v) is 5.44. The van der Waals surface area contributed by atoms with Crippen LogP contribution in [0.2, 0.25) is 0 Å². The molecule has 12 heteroatoms. The van der Waals surface area contributed by atoms with Gasteiger partial charge in [-0.05, 0) is 19.1 Å². The van der Waals surface area contributed by atoms with Crippen molar-refractivity contribution in [1.29, 1.82) is 0 Å². The van der Waals surface area contributed by atoms with Crippen LogP contribution in [0.25, 0.3) is 0 Å². The molecule has 0 radical (unpaired) electrons. The van der Waals surface area contributed by atoms with Gasteiger partial charge in [-0.1, -0.05) is 12.1 Å². The summed E-state index contributed by atoms with van der Waals surface area (Å²) in [7, 11) is 1.19. The molecule has 2 saturated heterocycles. The summed E-state index contributed by atoms with van der Waals surface area (Å²) in [5.41, 5.74) is 0.0551. The Balaban J connectivity index is 1.69. The zero-order chi connectivity index (χ0) is 23.6. The molecule has 180 valence electrons. The van der Waals surface area contributed by atoms with Crippen molar-refractivity contribution in [3.63, 3.8) is 0 Å². The molecule has 2 fully saturated rings. The van der Waals surface area contributed by atoms with Crippen molar-refractivity contribution in [1.82, 2.24) is 0 Å². The molecule has 1 aromatic carbocycles. The second kappa shape index (κ2) is 10.4. The fourth-order valence-electron chi connectivity index (χ4n) is 3.47. The van der Waals surface area contributed by atoms with E-state index in [1.807, 2.05) is 0 Å². The first-order valence-electron chi connectivity index (χ1n) is 10.0. The van der Waals surface area contributed by atoms with E-state index in [0.717, 1.165) is 0 Å². The molecule has 2 aliphatic heterocycles. The van der Waals surface area contributed by atoms with Gasteiger partial charge in [-0.15, -0.1) is 0 Å². The Bertz CT molecular complexity index is 775. The standard InChI is InChI=1S/C20H28O12/c1-8-12(21)14(23)16(25)19(30-8)29-7-11-13(22)15(24)17(26)20(32-11)31-10-6-4-3-5-9(10)18(27)28-2/h3-6,8,11-17,19-26H,7H2,1-2H3. The Labute approximate surface area is 183 Å². The molecule has 0 bridgehead atoms. The van der Waals surface area contributed by atoms with Crippen LogP contribution in [0.5, 0.6) is 5.75 Å². The lowest BCUT2D eigenvalue weighted by molar-refractivity contribution is -0.318. The molecule has 32 heavy (non-hydrogen) atoms. The molecule has 0 saturated carbocycles. The Morgan fingerprint density at radius 2 is 1.50 bits per heavy atom. The first-order valence-corrected chi connectivity index (χ1v) is 10.0. The van der Waals surface area contributed by atoms with E-state index in [-0.39, 0.29) is 11.3 Å². The first-order chi connectivity index (χ1) is 15.1. The normalized spacial score (nSPS) is 40.0. The zero-order valence-corrected chi connectivity index (χ0v) is 17.4. The van der Waals surface area contributed by atoms with Gasteiger partial charge in [0.25, 0.3) is 0 Å². The van der Waals surface area contributed by atoms with Crippen LogP contribution >= 0.6 is 0 Å². The molecule has 10 unspecified atom stereocenters. The molecule has 10 atom stereocenters. The number of hydrogen-bond acceptors (Lipinski definition) is 12. The lowest BCUT2D eigenvalue weighted by Crippen LogP contribution is -2.61. The highest BCUT2D eigenvalue weighted by Crippen LogP contribution is 2.28. The van der Waals surface area contributed by atoms with E-state index in [1.54, 1.807) is 12.1 Å². The van der Waals surface area contributed by atoms with Crippen LogP contribution in [0.4, 0.5) is 0 Å². The molecule has 2 aliphatic rings. The predicted molar refractivity (Wildman–Crippen MR) is 103 cm³/mol. The van der Waals surface area contributed by atoms with E-state index >= 15 is 0 Å². The maximum atomic E-state index is 11.9. The van der Waals surface area contributed by atoms with Crippen molar-refractivity contribution < 1.29 is 59.1 Å². The van der Waals surface area contributed by atoms with E-state index in [2.05, 4.69) is 4.74 Å². The van der Waals surface area contributed by atoms with Crippen LogP contribution in [0, 0.1) is 0 Å². The third-order valence-electron chi connectivity index (χ3n) is 5.44.